The first kappa shape index (κ1) is 16.1. The minimum Gasteiger partial charge on any atom is -0.496 e. The van der Waals surface area contributed by atoms with E-state index in [1.165, 1.54) is 7.11 Å². The Morgan fingerprint density at radius 2 is 2.32 bits per heavy atom. The Bertz CT molecular complexity index is 435. The van der Waals surface area contributed by atoms with Crippen molar-refractivity contribution in [3.63, 3.8) is 0 Å². The lowest BCUT2D eigenvalue weighted by molar-refractivity contribution is 0.0927. The second-order valence-corrected chi connectivity index (χ2v) is 4.80. The highest BCUT2D eigenvalue weighted by Gasteiger charge is 2.18. The largest absolute Gasteiger partial charge is 0.496 e. The van der Waals surface area contributed by atoms with Gasteiger partial charge in [0.1, 0.15) is 5.75 Å². The number of carbonyl (C=O) groups excluding carboxylic acids is 1. The molecular weight excluding hydrogens is 287 g/mol. The summed E-state index contributed by atoms with van der Waals surface area (Å²) < 4.78 is 5.18. The van der Waals surface area contributed by atoms with Crippen LogP contribution < -0.4 is 15.4 Å². The van der Waals surface area contributed by atoms with Crippen LogP contribution in [0.4, 0.5) is 0 Å². The lowest BCUT2D eigenvalue weighted by Gasteiger charge is -2.24. The number of hydrogen-bond donors (Lipinski definition) is 2. The molecule has 1 atom stereocenters. The molecule has 0 aliphatic carbocycles. The molecule has 0 saturated carbocycles. The van der Waals surface area contributed by atoms with Gasteiger partial charge in [0.2, 0.25) is 0 Å². The lowest BCUT2D eigenvalue weighted by atomic mass is 10.1. The number of benzene rings is 1. The highest BCUT2D eigenvalue weighted by molar-refractivity contribution is 6.30. The second kappa shape index (κ2) is 7.58. The third-order valence-electron chi connectivity index (χ3n) is 3.04. The summed E-state index contributed by atoms with van der Waals surface area (Å²) in [5, 5.41) is 6.83. The summed E-state index contributed by atoms with van der Waals surface area (Å²) >= 11 is 5.87. The van der Waals surface area contributed by atoms with E-state index in [-0.39, 0.29) is 24.4 Å². The molecule has 0 bridgehead atoms. The maximum Gasteiger partial charge on any atom is 0.255 e. The van der Waals surface area contributed by atoms with Gasteiger partial charge >= 0.3 is 0 Å². The average molecular weight is 305 g/mol. The molecule has 1 fully saturated rings. The fourth-order valence-electron chi connectivity index (χ4n) is 2.09. The summed E-state index contributed by atoms with van der Waals surface area (Å²) in [7, 11) is 1.53. The first-order chi connectivity index (χ1) is 8.70. The van der Waals surface area contributed by atoms with Crippen LogP contribution in [-0.4, -0.2) is 32.1 Å². The molecular formula is C13H18Cl2N2O2. The highest BCUT2D eigenvalue weighted by atomic mass is 35.5. The van der Waals surface area contributed by atoms with Crippen LogP contribution in [0.15, 0.2) is 18.2 Å². The molecule has 1 unspecified atom stereocenters. The predicted octanol–water partition coefficient (Wildman–Crippen LogP) is 2.25. The number of hydrogen-bond acceptors (Lipinski definition) is 3. The molecule has 1 saturated heterocycles. The number of nitrogens with one attached hydrogen (secondary N) is 2. The quantitative estimate of drug-likeness (QED) is 0.900. The van der Waals surface area contributed by atoms with Crippen LogP contribution >= 0.6 is 24.0 Å². The van der Waals surface area contributed by atoms with Crippen molar-refractivity contribution in [2.24, 2.45) is 0 Å². The van der Waals surface area contributed by atoms with Gasteiger partial charge in [0.05, 0.1) is 12.7 Å². The van der Waals surface area contributed by atoms with Crippen LogP contribution in [0.5, 0.6) is 5.75 Å². The first-order valence-electron chi connectivity index (χ1n) is 6.06. The molecule has 1 amide bonds. The number of ether oxygens (including phenoxy) is 1. The average Bonchev–Trinajstić information content (AvgIpc) is 2.39. The van der Waals surface area contributed by atoms with Gasteiger partial charge in [-0.3, -0.25) is 4.79 Å². The van der Waals surface area contributed by atoms with E-state index in [4.69, 9.17) is 16.3 Å². The molecule has 1 heterocycles. The molecule has 0 spiro atoms. The van der Waals surface area contributed by atoms with Crippen LogP contribution in [0.3, 0.4) is 0 Å². The van der Waals surface area contributed by atoms with Gasteiger partial charge in [-0.05, 0) is 37.6 Å². The lowest BCUT2D eigenvalue weighted by Crippen LogP contribution is -2.45. The number of rotatable bonds is 3. The molecule has 4 nitrogen and oxygen atoms in total. The van der Waals surface area contributed by atoms with E-state index in [0.29, 0.717) is 16.3 Å². The molecule has 0 aromatic heterocycles. The molecule has 1 aliphatic rings. The van der Waals surface area contributed by atoms with E-state index in [2.05, 4.69) is 10.6 Å². The van der Waals surface area contributed by atoms with Crippen LogP contribution in [0.25, 0.3) is 0 Å². The molecule has 1 aromatic rings. The third kappa shape index (κ3) is 4.27. The normalized spacial score (nSPS) is 18.3. The van der Waals surface area contributed by atoms with Crippen LogP contribution in [0, 0.1) is 0 Å². The Balaban J connectivity index is 0.00000180. The monoisotopic (exact) mass is 304 g/mol. The molecule has 1 aromatic carbocycles. The fourth-order valence-corrected chi connectivity index (χ4v) is 2.25. The summed E-state index contributed by atoms with van der Waals surface area (Å²) in [5.41, 5.74) is 0.521. The van der Waals surface area contributed by atoms with Crippen molar-refractivity contribution in [2.75, 3.05) is 20.2 Å². The van der Waals surface area contributed by atoms with Crippen LogP contribution in [0.2, 0.25) is 5.02 Å². The van der Waals surface area contributed by atoms with Gasteiger partial charge in [0, 0.05) is 17.6 Å². The Hall–Kier alpha value is -0.970. The molecule has 6 heteroatoms. The van der Waals surface area contributed by atoms with Crippen molar-refractivity contribution in [1.82, 2.24) is 10.6 Å². The van der Waals surface area contributed by atoms with Crippen molar-refractivity contribution in [3.05, 3.63) is 28.8 Å². The summed E-state index contributed by atoms with van der Waals surface area (Å²) in [4.78, 5) is 12.1. The van der Waals surface area contributed by atoms with Crippen molar-refractivity contribution < 1.29 is 9.53 Å². The Morgan fingerprint density at radius 1 is 1.53 bits per heavy atom. The molecule has 2 N–H and O–H groups in total. The molecule has 1 aliphatic heterocycles. The zero-order chi connectivity index (χ0) is 13.0. The number of methoxy groups -OCH3 is 1. The van der Waals surface area contributed by atoms with Crippen LogP contribution in [0.1, 0.15) is 23.2 Å². The summed E-state index contributed by atoms with van der Waals surface area (Å²) in [5.74, 6) is 0.390. The van der Waals surface area contributed by atoms with E-state index >= 15 is 0 Å². The van der Waals surface area contributed by atoms with Gasteiger partial charge in [-0.25, -0.2) is 0 Å². The Kier molecular flexibility index (Phi) is 6.42. The minimum atomic E-state index is -0.114. The molecule has 19 heavy (non-hydrogen) atoms. The maximum atomic E-state index is 12.1. The fraction of sp³-hybridized carbons (Fsp3) is 0.462. The van der Waals surface area contributed by atoms with Gasteiger partial charge < -0.3 is 15.4 Å². The Morgan fingerprint density at radius 3 is 2.95 bits per heavy atom. The van der Waals surface area contributed by atoms with E-state index in [1.807, 2.05) is 0 Å². The predicted molar refractivity (Wildman–Crippen MR) is 78.6 cm³/mol. The van der Waals surface area contributed by atoms with E-state index < -0.39 is 0 Å². The van der Waals surface area contributed by atoms with E-state index in [1.54, 1.807) is 18.2 Å². The molecule has 0 radical (unpaired) electrons. The topological polar surface area (TPSA) is 50.4 Å². The van der Waals surface area contributed by atoms with Gasteiger partial charge in [-0.2, -0.15) is 0 Å². The number of piperidine rings is 1. The summed E-state index contributed by atoms with van der Waals surface area (Å²) in [6.45, 7) is 1.85. The van der Waals surface area contributed by atoms with Gasteiger partial charge in [-0.1, -0.05) is 11.6 Å². The number of amides is 1. The number of halogens is 2. The van der Waals surface area contributed by atoms with Crippen molar-refractivity contribution >= 4 is 29.9 Å². The smallest absolute Gasteiger partial charge is 0.255 e. The minimum absolute atomic E-state index is 0. The zero-order valence-corrected chi connectivity index (χ0v) is 12.3. The SMILES string of the molecule is COc1cc(Cl)ccc1C(=O)NC1CCCNC1.Cl. The van der Waals surface area contributed by atoms with E-state index in [9.17, 15) is 4.79 Å². The van der Waals surface area contributed by atoms with Gasteiger partial charge in [0.25, 0.3) is 5.91 Å². The van der Waals surface area contributed by atoms with Crippen molar-refractivity contribution in [2.45, 2.75) is 18.9 Å². The van der Waals surface area contributed by atoms with Crippen molar-refractivity contribution in [3.8, 4) is 5.75 Å². The summed E-state index contributed by atoms with van der Waals surface area (Å²) in [6, 6.07) is 5.21. The second-order valence-electron chi connectivity index (χ2n) is 4.36. The standard InChI is InChI=1S/C13H17ClN2O2.ClH/c1-18-12-7-9(14)4-5-11(12)13(17)16-10-3-2-6-15-8-10;/h4-5,7,10,15H,2-3,6,8H2,1H3,(H,16,17);1H. The van der Waals surface area contributed by atoms with Gasteiger partial charge in [0.15, 0.2) is 0 Å². The van der Waals surface area contributed by atoms with Gasteiger partial charge in [-0.15, -0.1) is 12.4 Å². The zero-order valence-electron chi connectivity index (χ0n) is 10.7. The van der Waals surface area contributed by atoms with Crippen LogP contribution in [-0.2, 0) is 0 Å². The highest BCUT2D eigenvalue weighted by Crippen LogP contribution is 2.23. The maximum absolute atomic E-state index is 12.1. The number of carbonyl (C=O) groups is 1. The summed E-state index contributed by atoms with van der Waals surface area (Å²) in [6.07, 6.45) is 2.09. The van der Waals surface area contributed by atoms with Crippen molar-refractivity contribution in [1.29, 1.82) is 0 Å². The molecule has 2 rings (SSSR count). The molecule has 106 valence electrons. The third-order valence-corrected chi connectivity index (χ3v) is 3.28. The first-order valence-corrected chi connectivity index (χ1v) is 6.43. The Labute approximate surface area is 124 Å². The van der Waals surface area contributed by atoms with E-state index in [0.717, 1.165) is 25.9 Å².